The Hall–Kier alpha value is -1.09. The van der Waals surface area contributed by atoms with E-state index in [1.807, 2.05) is 7.05 Å². The van der Waals surface area contributed by atoms with Crippen LogP contribution in [0.2, 0.25) is 0 Å². The molecule has 0 aromatic heterocycles. The number of nitrogens with one attached hydrogen (secondary N) is 1. The lowest BCUT2D eigenvalue weighted by atomic mass is 9.96. The number of hydrogen-bond acceptors (Lipinski definition) is 2. The first kappa shape index (κ1) is 16.0. The van der Waals surface area contributed by atoms with E-state index in [2.05, 4.69) is 44.0 Å². The molecule has 0 fully saturated rings. The second-order valence-corrected chi connectivity index (χ2v) is 6.41. The second-order valence-electron chi connectivity index (χ2n) is 6.41. The summed E-state index contributed by atoms with van der Waals surface area (Å²) in [6.45, 7) is 11.3. The maximum Gasteiger partial charge on any atom is 0.125 e. The SMILES string of the molecule is CCCNCc1cc(F)cc(N(C)CC(C)(C)C)c1. The van der Waals surface area contributed by atoms with Crippen LogP contribution in [0.3, 0.4) is 0 Å². The molecular formula is C16H27FN2. The molecular weight excluding hydrogens is 239 g/mol. The van der Waals surface area contributed by atoms with E-state index in [0.717, 1.165) is 37.3 Å². The molecule has 108 valence electrons. The van der Waals surface area contributed by atoms with Crippen LogP contribution in [0.5, 0.6) is 0 Å². The Morgan fingerprint density at radius 1 is 1.21 bits per heavy atom. The Bertz CT molecular complexity index is 396. The second kappa shape index (κ2) is 6.90. The summed E-state index contributed by atoms with van der Waals surface area (Å²) in [6, 6.07) is 5.28. The molecule has 19 heavy (non-hydrogen) atoms. The minimum absolute atomic E-state index is 0.161. The van der Waals surface area contributed by atoms with E-state index in [-0.39, 0.29) is 11.2 Å². The molecule has 2 nitrogen and oxygen atoms in total. The molecule has 1 aromatic carbocycles. The number of rotatable bonds is 6. The van der Waals surface area contributed by atoms with E-state index in [1.54, 1.807) is 12.1 Å². The molecule has 0 saturated heterocycles. The fourth-order valence-electron chi connectivity index (χ4n) is 2.17. The lowest BCUT2D eigenvalue weighted by molar-refractivity contribution is 0.418. The maximum atomic E-state index is 13.7. The minimum Gasteiger partial charge on any atom is -0.374 e. The highest BCUT2D eigenvalue weighted by molar-refractivity contribution is 5.48. The van der Waals surface area contributed by atoms with Gasteiger partial charge in [0.25, 0.3) is 0 Å². The molecule has 0 unspecified atom stereocenters. The molecule has 0 heterocycles. The fourth-order valence-corrected chi connectivity index (χ4v) is 2.17. The normalized spacial score (nSPS) is 11.7. The number of benzene rings is 1. The third-order valence-corrected chi connectivity index (χ3v) is 2.85. The topological polar surface area (TPSA) is 15.3 Å². The zero-order valence-electron chi connectivity index (χ0n) is 12.9. The Morgan fingerprint density at radius 3 is 2.47 bits per heavy atom. The van der Waals surface area contributed by atoms with Gasteiger partial charge in [0.15, 0.2) is 0 Å². The zero-order valence-corrected chi connectivity index (χ0v) is 12.9. The highest BCUT2D eigenvalue weighted by atomic mass is 19.1. The van der Waals surface area contributed by atoms with E-state index in [9.17, 15) is 4.39 Å². The van der Waals surface area contributed by atoms with Crippen LogP contribution >= 0.6 is 0 Å². The van der Waals surface area contributed by atoms with Crippen molar-refractivity contribution in [3.05, 3.63) is 29.6 Å². The summed E-state index contributed by atoms with van der Waals surface area (Å²) in [7, 11) is 2.02. The van der Waals surface area contributed by atoms with E-state index in [0.29, 0.717) is 0 Å². The minimum atomic E-state index is -0.161. The van der Waals surface area contributed by atoms with Crippen LogP contribution in [0.15, 0.2) is 18.2 Å². The molecule has 0 atom stereocenters. The molecule has 0 spiro atoms. The van der Waals surface area contributed by atoms with Gasteiger partial charge in [-0.3, -0.25) is 0 Å². The van der Waals surface area contributed by atoms with Gasteiger partial charge >= 0.3 is 0 Å². The monoisotopic (exact) mass is 266 g/mol. The Labute approximate surface area is 117 Å². The van der Waals surface area contributed by atoms with Crippen LogP contribution in [0, 0.1) is 11.2 Å². The summed E-state index contributed by atoms with van der Waals surface area (Å²) in [4.78, 5) is 2.12. The van der Waals surface area contributed by atoms with Gasteiger partial charge in [0.05, 0.1) is 0 Å². The highest BCUT2D eigenvalue weighted by Crippen LogP contribution is 2.22. The first-order valence-corrected chi connectivity index (χ1v) is 7.03. The van der Waals surface area contributed by atoms with Crippen molar-refractivity contribution in [3.63, 3.8) is 0 Å². The van der Waals surface area contributed by atoms with Gasteiger partial charge in [-0.15, -0.1) is 0 Å². The third kappa shape index (κ3) is 6.06. The van der Waals surface area contributed by atoms with Gasteiger partial charge in [-0.2, -0.15) is 0 Å². The molecule has 1 aromatic rings. The molecule has 0 aliphatic carbocycles. The van der Waals surface area contributed by atoms with E-state index < -0.39 is 0 Å². The molecule has 0 aliphatic heterocycles. The average Bonchev–Trinajstić information content (AvgIpc) is 2.26. The lowest BCUT2D eigenvalue weighted by Gasteiger charge is -2.28. The molecule has 0 radical (unpaired) electrons. The van der Waals surface area contributed by atoms with E-state index in [4.69, 9.17) is 0 Å². The fraction of sp³-hybridized carbons (Fsp3) is 0.625. The summed E-state index contributed by atoms with van der Waals surface area (Å²) in [5, 5.41) is 3.31. The van der Waals surface area contributed by atoms with E-state index in [1.165, 1.54) is 0 Å². The van der Waals surface area contributed by atoms with Crippen molar-refractivity contribution < 1.29 is 4.39 Å². The maximum absolute atomic E-state index is 13.7. The predicted molar refractivity (Wildman–Crippen MR) is 81.1 cm³/mol. The molecule has 1 N–H and O–H groups in total. The van der Waals surface area contributed by atoms with Crippen LogP contribution < -0.4 is 10.2 Å². The zero-order chi connectivity index (χ0) is 14.5. The molecule has 0 amide bonds. The number of halogens is 1. The van der Waals surface area contributed by atoms with Crippen molar-refractivity contribution in [1.82, 2.24) is 5.32 Å². The third-order valence-electron chi connectivity index (χ3n) is 2.85. The molecule has 0 aliphatic rings. The standard InChI is InChI=1S/C16H27FN2/c1-6-7-18-11-13-8-14(17)10-15(9-13)19(5)12-16(2,3)4/h8-10,18H,6-7,11-12H2,1-5H3. The van der Waals surface area contributed by atoms with Gasteiger partial charge in [-0.05, 0) is 42.1 Å². The van der Waals surface area contributed by atoms with Gasteiger partial charge in [0.1, 0.15) is 5.82 Å². The summed E-state index contributed by atoms with van der Waals surface area (Å²) >= 11 is 0. The summed E-state index contributed by atoms with van der Waals surface area (Å²) in [5.74, 6) is -0.161. The van der Waals surface area contributed by atoms with Gasteiger partial charge in [-0.1, -0.05) is 27.7 Å². The van der Waals surface area contributed by atoms with Crippen LogP contribution in [0.4, 0.5) is 10.1 Å². The van der Waals surface area contributed by atoms with Gasteiger partial charge in [0, 0.05) is 25.8 Å². The average molecular weight is 266 g/mol. The molecule has 1 rings (SSSR count). The van der Waals surface area contributed by atoms with Crippen molar-refractivity contribution in [2.45, 2.75) is 40.7 Å². The van der Waals surface area contributed by atoms with Gasteiger partial charge in [-0.25, -0.2) is 4.39 Å². The molecule has 0 saturated carbocycles. The van der Waals surface area contributed by atoms with E-state index >= 15 is 0 Å². The molecule has 0 bridgehead atoms. The Kier molecular flexibility index (Phi) is 5.80. The van der Waals surface area contributed by atoms with Crippen molar-refractivity contribution in [2.75, 3.05) is 25.0 Å². The predicted octanol–water partition coefficient (Wildman–Crippen LogP) is 3.81. The lowest BCUT2D eigenvalue weighted by Crippen LogP contribution is -2.29. The Balaban J connectivity index is 2.78. The summed E-state index contributed by atoms with van der Waals surface area (Å²) in [6.07, 6.45) is 1.09. The van der Waals surface area contributed by atoms with Crippen LogP contribution in [0.1, 0.15) is 39.7 Å². The van der Waals surface area contributed by atoms with Crippen molar-refractivity contribution in [2.24, 2.45) is 5.41 Å². The first-order chi connectivity index (χ1) is 8.81. The largest absolute Gasteiger partial charge is 0.374 e. The van der Waals surface area contributed by atoms with Crippen LogP contribution in [-0.4, -0.2) is 20.1 Å². The number of hydrogen-bond donors (Lipinski definition) is 1. The van der Waals surface area contributed by atoms with Crippen LogP contribution in [-0.2, 0) is 6.54 Å². The van der Waals surface area contributed by atoms with Gasteiger partial charge < -0.3 is 10.2 Å². The van der Waals surface area contributed by atoms with Crippen molar-refractivity contribution in [3.8, 4) is 0 Å². The highest BCUT2D eigenvalue weighted by Gasteiger charge is 2.14. The number of anilines is 1. The first-order valence-electron chi connectivity index (χ1n) is 7.03. The quantitative estimate of drug-likeness (QED) is 0.788. The van der Waals surface area contributed by atoms with Gasteiger partial charge in [0.2, 0.25) is 0 Å². The molecule has 3 heteroatoms. The van der Waals surface area contributed by atoms with Crippen LogP contribution in [0.25, 0.3) is 0 Å². The van der Waals surface area contributed by atoms with Crippen molar-refractivity contribution >= 4 is 5.69 Å². The smallest absolute Gasteiger partial charge is 0.125 e. The number of nitrogens with zero attached hydrogens (tertiary/aromatic N) is 1. The summed E-state index contributed by atoms with van der Waals surface area (Å²) < 4.78 is 13.7. The summed E-state index contributed by atoms with van der Waals surface area (Å²) in [5.41, 5.74) is 2.15. The van der Waals surface area contributed by atoms with Crippen molar-refractivity contribution in [1.29, 1.82) is 0 Å². The Morgan fingerprint density at radius 2 is 1.89 bits per heavy atom.